The predicted molar refractivity (Wildman–Crippen MR) is 78.5 cm³/mol. The molecule has 0 aliphatic heterocycles. The average Bonchev–Trinajstić information content (AvgIpc) is 2.42. The maximum absolute atomic E-state index is 9.91. The third-order valence-corrected chi connectivity index (χ3v) is 3.23. The smallest absolute Gasteiger partial charge is 0.237 e. The Labute approximate surface area is 120 Å². The summed E-state index contributed by atoms with van der Waals surface area (Å²) in [5.41, 5.74) is 1.62. The molecule has 1 aromatic carbocycles. The SMILES string of the molecule is CCOc1ncccc1NCc1cccc(Br)c1O. The number of aromatic nitrogens is 1. The Morgan fingerprint density at radius 3 is 2.95 bits per heavy atom. The second-order valence-electron chi connectivity index (χ2n) is 3.89. The number of phenols is 1. The van der Waals surface area contributed by atoms with Crippen LogP contribution in [0.3, 0.4) is 0 Å². The summed E-state index contributed by atoms with van der Waals surface area (Å²) >= 11 is 3.30. The highest BCUT2D eigenvalue weighted by molar-refractivity contribution is 9.10. The molecule has 0 fully saturated rings. The summed E-state index contributed by atoms with van der Waals surface area (Å²) in [6, 6.07) is 9.28. The number of aromatic hydroxyl groups is 1. The molecular formula is C14H15BrN2O2. The predicted octanol–water partition coefficient (Wildman–Crippen LogP) is 3.56. The first-order valence-corrected chi connectivity index (χ1v) is 6.79. The molecule has 0 unspecified atom stereocenters. The van der Waals surface area contributed by atoms with Crippen LogP contribution in [0.4, 0.5) is 5.69 Å². The van der Waals surface area contributed by atoms with Crippen molar-refractivity contribution in [3.63, 3.8) is 0 Å². The molecule has 0 aliphatic carbocycles. The van der Waals surface area contributed by atoms with E-state index < -0.39 is 0 Å². The molecule has 0 bridgehead atoms. The van der Waals surface area contributed by atoms with E-state index >= 15 is 0 Å². The second kappa shape index (κ2) is 6.43. The standard InChI is InChI=1S/C14H15BrN2O2/c1-2-19-14-12(7-4-8-16-14)17-9-10-5-3-6-11(15)13(10)18/h3-8,17-18H,2,9H2,1H3. The number of benzene rings is 1. The van der Waals surface area contributed by atoms with Crippen molar-refractivity contribution in [2.45, 2.75) is 13.5 Å². The minimum Gasteiger partial charge on any atom is -0.506 e. The monoisotopic (exact) mass is 322 g/mol. The third kappa shape index (κ3) is 3.38. The molecule has 2 N–H and O–H groups in total. The Hall–Kier alpha value is -1.75. The van der Waals surface area contributed by atoms with E-state index in [0.717, 1.165) is 11.3 Å². The van der Waals surface area contributed by atoms with E-state index in [2.05, 4.69) is 26.2 Å². The summed E-state index contributed by atoms with van der Waals surface area (Å²) in [6.07, 6.45) is 1.69. The van der Waals surface area contributed by atoms with Crippen molar-refractivity contribution >= 4 is 21.6 Å². The number of para-hydroxylation sites is 1. The zero-order valence-corrected chi connectivity index (χ0v) is 12.1. The van der Waals surface area contributed by atoms with E-state index in [-0.39, 0.29) is 5.75 Å². The van der Waals surface area contributed by atoms with E-state index in [4.69, 9.17) is 4.74 Å². The fourth-order valence-electron chi connectivity index (χ4n) is 1.67. The highest BCUT2D eigenvalue weighted by Gasteiger charge is 2.07. The van der Waals surface area contributed by atoms with Crippen molar-refractivity contribution in [2.75, 3.05) is 11.9 Å². The molecular weight excluding hydrogens is 308 g/mol. The molecule has 0 saturated carbocycles. The summed E-state index contributed by atoms with van der Waals surface area (Å²) in [4.78, 5) is 4.16. The van der Waals surface area contributed by atoms with Crippen molar-refractivity contribution in [3.8, 4) is 11.6 Å². The van der Waals surface area contributed by atoms with Crippen LogP contribution in [0.1, 0.15) is 12.5 Å². The van der Waals surface area contributed by atoms with E-state index in [1.807, 2.05) is 31.2 Å². The molecule has 2 rings (SSSR count). The largest absolute Gasteiger partial charge is 0.506 e. The molecule has 0 spiro atoms. The molecule has 2 aromatic rings. The van der Waals surface area contributed by atoms with Gasteiger partial charge in [0.25, 0.3) is 0 Å². The van der Waals surface area contributed by atoms with E-state index in [1.165, 1.54) is 0 Å². The van der Waals surface area contributed by atoms with Gasteiger partial charge >= 0.3 is 0 Å². The van der Waals surface area contributed by atoms with Crippen LogP contribution < -0.4 is 10.1 Å². The molecule has 1 heterocycles. The normalized spacial score (nSPS) is 10.2. The first kappa shape index (κ1) is 13.7. The summed E-state index contributed by atoms with van der Waals surface area (Å²) in [6.45, 7) is 2.98. The number of pyridine rings is 1. The molecule has 5 heteroatoms. The minimum atomic E-state index is 0.247. The zero-order chi connectivity index (χ0) is 13.7. The Bertz CT molecular complexity index is 561. The zero-order valence-electron chi connectivity index (χ0n) is 10.6. The van der Waals surface area contributed by atoms with Crippen LogP contribution >= 0.6 is 15.9 Å². The van der Waals surface area contributed by atoms with Crippen LogP contribution in [0.25, 0.3) is 0 Å². The molecule has 0 saturated heterocycles. The lowest BCUT2D eigenvalue weighted by atomic mass is 10.2. The number of rotatable bonds is 5. The van der Waals surface area contributed by atoms with Crippen molar-refractivity contribution < 1.29 is 9.84 Å². The number of anilines is 1. The number of nitrogens with one attached hydrogen (secondary N) is 1. The van der Waals surface area contributed by atoms with Crippen molar-refractivity contribution in [3.05, 3.63) is 46.6 Å². The first-order valence-electron chi connectivity index (χ1n) is 6.00. The fraction of sp³-hybridized carbons (Fsp3) is 0.214. The maximum atomic E-state index is 9.91. The lowest BCUT2D eigenvalue weighted by Crippen LogP contribution is -2.04. The number of nitrogens with zero attached hydrogens (tertiary/aromatic N) is 1. The van der Waals surface area contributed by atoms with Crippen LogP contribution in [0.2, 0.25) is 0 Å². The third-order valence-electron chi connectivity index (χ3n) is 2.59. The summed E-state index contributed by atoms with van der Waals surface area (Å²) in [5.74, 6) is 0.816. The van der Waals surface area contributed by atoms with Gasteiger partial charge in [-0.2, -0.15) is 0 Å². The number of hydrogen-bond acceptors (Lipinski definition) is 4. The molecule has 1 aromatic heterocycles. The Morgan fingerprint density at radius 1 is 1.32 bits per heavy atom. The van der Waals surface area contributed by atoms with E-state index in [0.29, 0.717) is 23.5 Å². The molecule has 0 amide bonds. The Balaban J connectivity index is 2.12. The van der Waals surface area contributed by atoms with Crippen molar-refractivity contribution in [1.82, 2.24) is 4.98 Å². The van der Waals surface area contributed by atoms with Gasteiger partial charge in [0.1, 0.15) is 5.75 Å². The Kier molecular flexibility index (Phi) is 4.63. The van der Waals surface area contributed by atoms with Gasteiger partial charge in [-0.3, -0.25) is 0 Å². The van der Waals surface area contributed by atoms with Gasteiger partial charge in [0.15, 0.2) is 0 Å². The van der Waals surface area contributed by atoms with Crippen molar-refractivity contribution in [2.24, 2.45) is 0 Å². The number of hydrogen-bond donors (Lipinski definition) is 2. The topological polar surface area (TPSA) is 54.4 Å². The highest BCUT2D eigenvalue weighted by atomic mass is 79.9. The van der Waals surface area contributed by atoms with E-state index in [9.17, 15) is 5.11 Å². The molecule has 4 nitrogen and oxygen atoms in total. The van der Waals surface area contributed by atoms with Gasteiger partial charge in [0.05, 0.1) is 16.8 Å². The summed E-state index contributed by atoms with van der Waals surface area (Å²) < 4.78 is 6.12. The quantitative estimate of drug-likeness (QED) is 0.883. The molecule has 19 heavy (non-hydrogen) atoms. The van der Waals surface area contributed by atoms with Crippen LogP contribution in [0.15, 0.2) is 41.0 Å². The van der Waals surface area contributed by atoms with Gasteiger partial charge in [-0.15, -0.1) is 0 Å². The van der Waals surface area contributed by atoms with Gasteiger partial charge < -0.3 is 15.2 Å². The van der Waals surface area contributed by atoms with Crippen LogP contribution in [0.5, 0.6) is 11.6 Å². The summed E-state index contributed by atoms with van der Waals surface area (Å²) in [5, 5.41) is 13.1. The molecule has 0 radical (unpaired) electrons. The Morgan fingerprint density at radius 2 is 2.16 bits per heavy atom. The van der Waals surface area contributed by atoms with Crippen LogP contribution in [0, 0.1) is 0 Å². The lowest BCUT2D eigenvalue weighted by Gasteiger charge is -2.12. The average molecular weight is 323 g/mol. The number of halogens is 1. The fourth-order valence-corrected chi connectivity index (χ4v) is 2.08. The van der Waals surface area contributed by atoms with E-state index in [1.54, 1.807) is 12.3 Å². The van der Waals surface area contributed by atoms with Gasteiger partial charge in [-0.1, -0.05) is 12.1 Å². The molecule has 100 valence electrons. The number of ether oxygens (including phenoxy) is 1. The second-order valence-corrected chi connectivity index (χ2v) is 4.74. The first-order chi connectivity index (χ1) is 9.22. The number of phenolic OH excluding ortho intramolecular Hbond substituents is 1. The molecule has 0 aliphatic rings. The summed E-state index contributed by atoms with van der Waals surface area (Å²) in [7, 11) is 0. The van der Waals surface area contributed by atoms with Gasteiger partial charge in [-0.25, -0.2) is 4.98 Å². The van der Waals surface area contributed by atoms with Gasteiger partial charge in [0.2, 0.25) is 5.88 Å². The lowest BCUT2D eigenvalue weighted by molar-refractivity contribution is 0.328. The molecule has 0 atom stereocenters. The van der Waals surface area contributed by atoms with Gasteiger partial charge in [0, 0.05) is 18.3 Å². The van der Waals surface area contributed by atoms with Crippen molar-refractivity contribution in [1.29, 1.82) is 0 Å². The van der Waals surface area contributed by atoms with Crippen LogP contribution in [-0.2, 0) is 6.54 Å². The highest BCUT2D eigenvalue weighted by Crippen LogP contribution is 2.29. The maximum Gasteiger partial charge on any atom is 0.237 e. The van der Waals surface area contributed by atoms with Gasteiger partial charge in [-0.05, 0) is 41.1 Å². The minimum absolute atomic E-state index is 0.247. The van der Waals surface area contributed by atoms with Crippen LogP contribution in [-0.4, -0.2) is 16.7 Å².